The van der Waals surface area contributed by atoms with Crippen molar-refractivity contribution in [3.63, 3.8) is 0 Å². The summed E-state index contributed by atoms with van der Waals surface area (Å²) in [6.45, 7) is 8.30. The lowest BCUT2D eigenvalue weighted by Gasteiger charge is -2.43. The molecule has 10 heteroatoms. The number of urea groups is 1. The van der Waals surface area contributed by atoms with Crippen molar-refractivity contribution in [2.45, 2.75) is 70.4 Å². The molecule has 2 fully saturated rings. The summed E-state index contributed by atoms with van der Waals surface area (Å²) in [4.78, 5) is 45.0. The van der Waals surface area contributed by atoms with Crippen LogP contribution in [0, 0.1) is 0 Å². The molecule has 1 saturated carbocycles. The van der Waals surface area contributed by atoms with Gasteiger partial charge in [0, 0.05) is 38.4 Å². The van der Waals surface area contributed by atoms with Crippen molar-refractivity contribution in [2.75, 3.05) is 41.3 Å². The largest absolute Gasteiger partial charge is 0.444 e. The average Bonchev–Trinajstić information content (AvgIpc) is 3.10. The second kappa shape index (κ2) is 9.91. The molecule has 1 aliphatic carbocycles. The molecule has 3 amide bonds. The first-order valence-corrected chi connectivity index (χ1v) is 12.9. The number of nitrogens with zero attached hydrogens (tertiary/aromatic N) is 6. The highest BCUT2D eigenvalue weighted by Crippen LogP contribution is 2.45. The number of aromatic nitrogens is 3. The molecule has 2 atom stereocenters. The molecule has 5 rings (SSSR count). The number of fused-ring (bicyclic) bond motifs is 4. The molecule has 36 heavy (non-hydrogen) atoms. The van der Waals surface area contributed by atoms with E-state index in [2.05, 4.69) is 32.3 Å². The summed E-state index contributed by atoms with van der Waals surface area (Å²) in [5.41, 5.74) is 0.620. The molecule has 0 spiro atoms. The molecule has 0 radical (unpaired) electrons. The Hall–Kier alpha value is -3.43. The van der Waals surface area contributed by atoms with Crippen molar-refractivity contribution in [3.05, 3.63) is 36.3 Å². The number of hydrogen-bond donors (Lipinski definition) is 1. The number of ether oxygens (including phenoxy) is 1. The molecule has 2 bridgehead atoms. The number of hydrogen-bond acceptors (Lipinski definition) is 7. The van der Waals surface area contributed by atoms with Gasteiger partial charge in [0.15, 0.2) is 0 Å². The van der Waals surface area contributed by atoms with Crippen molar-refractivity contribution in [3.8, 4) is 0 Å². The van der Waals surface area contributed by atoms with E-state index in [1.165, 1.54) is 6.33 Å². The number of carbonyl (C=O) groups excluding carboxylic acids is 2. The number of nitrogens with one attached hydrogen (secondary N) is 1. The normalized spacial score (nSPS) is 21.9. The molecular weight excluding hydrogens is 458 g/mol. The Kier molecular flexibility index (Phi) is 6.68. The fourth-order valence-electron chi connectivity index (χ4n) is 5.44. The number of carbonyl (C=O) groups is 2. The Labute approximate surface area is 212 Å². The van der Waals surface area contributed by atoms with Crippen LogP contribution in [0.4, 0.5) is 27.0 Å². The van der Waals surface area contributed by atoms with Gasteiger partial charge in [0.1, 0.15) is 29.4 Å². The molecule has 1 saturated heterocycles. The van der Waals surface area contributed by atoms with Crippen LogP contribution in [0.5, 0.6) is 0 Å². The summed E-state index contributed by atoms with van der Waals surface area (Å²) in [7, 11) is 0. The van der Waals surface area contributed by atoms with E-state index in [0.29, 0.717) is 31.4 Å². The summed E-state index contributed by atoms with van der Waals surface area (Å²) >= 11 is 0. The van der Waals surface area contributed by atoms with Gasteiger partial charge in [-0.3, -0.25) is 10.2 Å². The molecule has 0 aromatic carbocycles. The van der Waals surface area contributed by atoms with Crippen LogP contribution in [0.1, 0.15) is 64.4 Å². The van der Waals surface area contributed by atoms with Crippen LogP contribution in [0.3, 0.4) is 0 Å². The minimum absolute atomic E-state index is 0.118. The van der Waals surface area contributed by atoms with Crippen LogP contribution >= 0.6 is 0 Å². The van der Waals surface area contributed by atoms with E-state index < -0.39 is 5.60 Å². The van der Waals surface area contributed by atoms with Crippen LogP contribution in [-0.4, -0.2) is 69.8 Å². The van der Waals surface area contributed by atoms with Gasteiger partial charge in [0.2, 0.25) is 0 Å². The predicted molar refractivity (Wildman–Crippen MR) is 137 cm³/mol. The minimum atomic E-state index is -0.517. The minimum Gasteiger partial charge on any atom is -0.444 e. The molecule has 1 N–H and O–H groups in total. The van der Waals surface area contributed by atoms with Gasteiger partial charge in [-0.1, -0.05) is 12.5 Å². The fraction of sp³-hybridized carbons (Fsp3) is 0.577. The van der Waals surface area contributed by atoms with Crippen molar-refractivity contribution in [2.24, 2.45) is 0 Å². The number of anilines is 3. The zero-order valence-corrected chi connectivity index (χ0v) is 21.3. The van der Waals surface area contributed by atoms with Crippen LogP contribution in [0.15, 0.2) is 30.7 Å². The molecule has 2 aromatic heterocycles. The molecule has 1 unspecified atom stereocenters. The number of amides is 3. The van der Waals surface area contributed by atoms with E-state index in [-0.39, 0.29) is 18.2 Å². The van der Waals surface area contributed by atoms with Crippen LogP contribution in [-0.2, 0) is 4.74 Å². The molecule has 2 aromatic rings. The average molecular weight is 494 g/mol. The highest BCUT2D eigenvalue weighted by Gasteiger charge is 2.40. The Bertz CT molecular complexity index is 1100. The van der Waals surface area contributed by atoms with E-state index in [4.69, 9.17) is 9.72 Å². The first-order chi connectivity index (χ1) is 17.3. The second-order valence-electron chi connectivity index (χ2n) is 10.8. The fourth-order valence-corrected chi connectivity index (χ4v) is 5.44. The van der Waals surface area contributed by atoms with Gasteiger partial charge >= 0.3 is 12.1 Å². The van der Waals surface area contributed by atoms with Crippen molar-refractivity contribution >= 4 is 29.6 Å². The SMILES string of the molecule is CC(C)(C)OC(=O)N1CCCN(c2ccc3c(n2)N(C(=O)Nc2ccncn2)[C@H]2CCCC3C2)CC1. The summed E-state index contributed by atoms with van der Waals surface area (Å²) < 4.78 is 5.57. The maximum atomic E-state index is 13.4. The van der Waals surface area contributed by atoms with E-state index in [1.807, 2.05) is 25.7 Å². The Morgan fingerprint density at radius 1 is 1.06 bits per heavy atom. The first kappa shape index (κ1) is 24.3. The van der Waals surface area contributed by atoms with Gasteiger partial charge in [-0.05, 0) is 70.1 Å². The Morgan fingerprint density at radius 2 is 1.92 bits per heavy atom. The van der Waals surface area contributed by atoms with Crippen molar-refractivity contribution < 1.29 is 14.3 Å². The maximum absolute atomic E-state index is 13.4. The third kappa shape index (κ3) is 5.22. The third-order valence-corrected chi connectivity index (χ3v) is 7.08. The van der Waals surface area contributed by atoms with Crippen LogP contribution < -0.4 is 15.1 Å². The van der Waals surface area contributed by atoms with Gasteiger partial charge < -0.3 is 14.5 Å². The maximum Gasteiger partial charge on any atom is 0.410 e. The lowest BCUT2D eigenvalue weighted by molar-refractivity contribution is 0.0263. The monoisotopic (exact) mass is 493 g/mol. The third-order valence-electron chi connectivity index (χ3n) is 7.08. The molecule has 10 nitrogen and oxygen atoms in total. The highest BCUT2D eigenvalue weighted by molar-refractivity contribution is 6.02. The zero-order valence-electron chi connectivity index (χ0n) is 21.3. The summed E-state index contributed by atoms with van der Waals surface area (Å²) in [5.74, 6) is 2.48. The first-order valence-electron chi connectivity index (χ1n) is 12.9. The topological polar surface area (TPSA) is 104 Å². The number of rotatable bonds is 2. The smallest absolute Gasteiger partial charge is 0.410 e. The summed E-state index contributed by atoms with van der Waals surface area (Å²) in [5, 5.41) is 2.93. The molecule has 3 aliphatic rings. The predicted octanol–water partition coefficient (Wildman–Crippen LogP) is 4.40. The summed E-state index contributed by atoms with van der Waals surface area (Å²) in [6.07, 6.45) is 7.73. The molecule has 192 valence electrons. The quantitative estimate of drug-likeness (QED) is 0.661. The van der Waals surface area contributed by atoms with E-state index in [1.54, 1.807) is 17.2 Å². The van der Waals surface area contributed by atoms with Gasteiger partial charge in [0.25, 0.3) is 0 Å². The zero-order chi connectivity index (χ0) is 25.3. The van der Waals surface area contributed by atoms with Crippen LogP contribution in [0.25, 0.3) is 0 Å². The Balaban J connectivity index is 1.37. The molecular formula is C26H35N7O3. The number of pyridine rings is 1. The van der Waals surface area contributed by atoms with E-state index >= 15 is 0 Å². The van der Waals surface area contributed by atoms with Gasteiger partial charge in [-0.2, -0.15) is 0 Å². The lowest BCUT2D eigenvalue weighted by Crippen LogP contribution is -2.49. The lowest BCUT2D eigenvalue weighted by atomic mass is 9.77. The van der Waals surface area contributed by atoms with Crippen LogP contribution in [0.2, 0.25) is 0 Å². The Morgan fingerprint density at radius 3 is 2.69 bits per heavy atom. The standard InChI is InChI=1S/C26H35N7O3/c1-26(2,3)36-25(35)32-13-5-12-31(14-15-32)22-9-8-20-18-6-4-7-19(16-18)33(23(20)30-22)24(34)29-21-10-11-27-17-28-21/h8-11,17-19H,4-7,12-16H2,1-3H3,(H,27,28,29,34)/t18?,19-/m0/s1. The van der Waals surface area contributed by atoms with Gasteiger partial charge in [-0.15, -0.1) is 0 Å². The highest BCUT2D eigenvalue weighted by atomic mass is 16.6. The second-order valence-corrected chi connectivity index (χ2v) is 10.8. The van der Waals surface area contributed by atoms with E-state index in [9.17, 15) is 9.59 Å². The van der Waals surface area contributed by atoms with Gasteiger partial charge in [-0.25, -0.2) is 24.5 Å². The van der Waals surface area contributed by atoms with Gasteiger partial charge in [0.05, 0.1) is 0 Å². The van der Waals surface area contributed by atoms with Crippen molar-refractivity contribution in [1.82, 2.24) is 19.9 Å². The van der Waals surface area contributed by atoms with E-state index in [0.717, 1.165) is 55.8 Å². The van der Waals surface area contributed by atoms with Crippen molar-refractivity contribution in [1.29, 1.82) is 0 Å². The molecule has 4 heterocycles. The summed E-state index contributed by atoms with van der Waals surface area (Å²) in [6, 6.07) is 5.80. The molecule has 2 aliphatic heterocycles.